The minimum atomic E-state index is -3.13. The van der Waals surface area contributed by atoms with Crippen molar-refractivity contribution in [3.63, 3.8) is 0 Å². The molecular formula is C23H22Cl2N2O5S. The monoisotopic (exact) mass is 508 g/mol. The molecule has 1 aliphatic rings. The quantitative estimate of drug-likeness (QED) is 0.506. The standard InChI is InChI=1S/C23H22Cl2N2O5S/c1-2-32-23(29)21-11-17-16(22(28)26-15-8-9-33(30,31)13-15)4-3-5-20(17)27(21)12-14-6-7-18(24)19(25)10-14/h3-7,10-11,15H,2,8-9,12-13H2,1H3,(H,26,28). The molecule has 1 N–H and O–H groups in total. The average Bonchev–Trinajstić information content (AvgIpc) is 3.30. The minimum Gasteiger partial charge on any atom is -0.461 e. The molecule has 1 unspecified atom stereocenters. The number of amides is 1. The van der Waals surface area contributed by atoms with Crippen LogP contribution in [0.15, 0.2) is 42.5 Å². The number of benzene rings is 2. The smallest absolute Gasteiger partial charge is 0.354 e. The summed E-state index contributed by atoms with van der Waals surface area (Å²) in [6.45, 7) is 2.23. The largest absolute Gasteiger partial charge is 0.461 e. The lowest BCUT2D eigenvalue weighted by Gasteiger charge is -2.13. The molecular weight excluding hydrogens is 487 g/mol. The Hall–Kier alpha value is -2.55. The van der Waals surface area contributed by atoms with E-state index in [9.17, 15) is 18.0 Å². The van der Waals surface area contributed by atoms with Gasteiger partial charge in [-0.1, -0.05) is 35.3 Å². The molecule has 0 spiro atoms. The molecule has 1 atom stereocenters. The van der Waals surface area contributed by atoms with Crippen molar-refractivity contribution in [1.29, 1.82) is 0 Å². The predicted octanol–water partition coefficient (Wildman–Crippen LogP) is 4.09. The number of sulfone groups is 1. The SMILES string of the molecule is CCOC(=O)c1cc2c(C(=O)NC3CCS(=O)(=O)C3)cccc2n1Cc1ccc(Cl)c(Cl)c1. The number of hydrogen-bond acceptors (Lipinski definition) is 5. The first-order valence-electron chi connectivity index (χ1n) is 10.4. The molecule has 174 valence electrons. The van der Waals surface area contributed by atoms with Gasteiger partial charge in [-0.05, 0) is 49.2 Å². The van der Waals surface area contributed by atoms with Gasteiger partial charge in [-0.15, -0.1) is 0 Å². The number of nitrogens with zero attached hydrogens (tertiary/aromatic N) is 1. The van der Waals surface area contributed by atoms with E-state index in [1.165, 1.54) is 0 Å². The molecule has 1 aromatic heterocycles. The number of hydrogen-bond donors (Lipinski definition) is 1. The van der Waals surface area contributed by atoms with Gasteiger partial charge < -0.3 is 14.6 Å². The molecule has 1 aliphatic heterocycles. The van der Waals surface area contributed by atoms with Crippen molar-refractivity contribution in [3.8, 4) is 0 Å². The molecule has 0 bridgehead atoms. The van der Waals surface area contributed by atoms with Crippen LogP contribution in [0.4, 0.5) is 0 Å². The Labute approximate surface area is 201 Å². The van der Waals surface area contributed by atoms with Gasteiger partial charge in [-0.2, -0.15) is 0 Å². The summed E-state index contributed by atoms with van der Waals surface area (Å²) in [7, 11) is -3.13. The van der Waals surface area contributed by atoms with E-state index in [4.69, 9.17) is 27.9 Å². The van der Waals surface area contributed by atoms with Gasteiger partial charge in [-0.25, -0.2) is 13.2 Å². The normalized spacial score (nSPS) is 17.2. The number of halogens is 2. The van der Waals surface area contributed by atoms with Crippen molar-refractivity contribution >= 4 is 55.8 Å². The zero-order valence-corrected chi connectivity index (χ0v) is 20.1. The molecule has 7 nitrogen and oxygen atoms in total. The Morgan fingerprint density at radius 1 is 1.15 bits per heavy atom. The fourth-order valence-electron chi connectivity index (χ4n) is 4.02. The lowest BCUT2D eigenvalue weighted by Crippen LogP contribution is -2.35. The predicted molar refractivity (Wildman–Crippen MR) is 128 cm³/mol. The lowest BCUT2D eigenvalue weighted by atomic mass is 10.1. The maximum absolute atomic E-state index is 13.0. The zero-order valence-electron chi connectivity index (χ0n) is 17.8. The highest BCUT2D eigenvalue weighted by Crippen LogP contribution is 2.28. The van der Waals surface area contributed by atoms with E-state index in [1.807, 2.05) is 12.1 Å². The first-order chi connectivity index (χ1) is 15.7. The van der Waals surface area contributed by atoms with E-state index in [0.29, 0.717) is 45.2 Å². The third-order valence-electron chi connectivity index (χ3n) is 5.57. The highest BCUT2D eigenvalue weighted by atomic mass is 35.5. The third-order valence-corrected chi connectivity index (χ3v) is 8.07. The lowest BCUT2D eigenvalue weighted by molar-refractivity contribution is 0.0514. The van der Waals surface area contributed by atoms with Crippen LogP contribution in [0.5, 0.6) is 0 Å². The summed E-state index contributed by atoms with van der Waals surface area (Å²) in [6, 6.07) is 11.6. The molecule has 0 radical (unpaired) electrons. The van der Waals surface area contributed by atoms with E-state index in [2.05, 4.69) is 5.32 Å². The molecule has 3 aromatic rings. The second kappa shape index (κ2) is 9.37. The second-order valence-corrected chi connectivity index (χ2v) is 10.9. The summed E-state index contributed by atoms with van der Waals surface area (Å²) in [5, 5.41) is 4.21. The van der Waals surface area contributed by atoms with Crippen molar-refractivity contribution in [3.05, 3.63) is 69.3 Å². The number of ether oxygens (including phenoxy) is 1. The van der Waals surface area contributed by atoms with E-state index >= 15 is 0 Å². The van der Waals surface area contributed by atoms with Gasteiger partial charge in [0.25, 0.3) is 5.91 Å². The number of rotatable bonds is 6. The number of carbonyl (C=O) groups excluding carboxylic acids is 2. The highest BCUT2D eigenvalue weighted by molar-refractivity contribution is 7.91. The Morgan fingerprint density at radius 2 is 1.94 bits per heavy atom. The van der Waals surface area contributed by atoms with Gasteiger partial charge in [0.1, 0.15) is 5.69 Å². The number of carbonyl (C=O) groups is 2. The second-order valence-electron chi connectivity index (χ2n) is 7.90. The molecule has 2 aromatic carbocycles. The van der Waals surface area contributed by atoms with E-state index in [0.717, 1.165) is 5.56 Å². The van der Waals surface area contributed by atoms with Gasteiger partial charge in [0, 0.05) is 29.1 Å². The van der Waals surface area contributed by atoms with Gasteiger partial charge >= 0.3 is 5.97 Å². The van der Waals surface area contributed by atoms with Crippen LogP contribution in [0.25, 0.3) is 10.9 Å². The Morgan fingerprint density at radius 3 is 2.61 bits per heavy atom. The van der Waals surface area contributed by atoms with E-state index in [-0.39, 0.29) is 24.0 Å². The summed E-state index contributed by atoms with van der Waals surface area (Å²) in [6.07, 6.45) is 0.385. The summed E-state index contributed by atoms with van der Waals surface area (Å²) < 4.78 is 30.5. The zero-order chi connectivity index (χ0) is 23.8. The van der Waals surface area contributed by atoms with Crippen LogP contribution in [0.3, 0.4) is 0 Å². The van der Waals surface area contributed by atoms with E-state index < -0.39 is 21.8 Å². The molecule has 0 saturated carbocycles. The van der Waals surface area contributed by atoms with Crippen molar-refractivity contribution in [2.45, 2.75) is 25.9 Å². The molecule has 2 heterocycles. The van der Waals surface area contributed by atoms with Gasteiger partial charge in [0.05, 0.1) is 28.2 Å². The van der Waals surface area contributed by atoms with Gasteiger partial charge in [0.2, 0.25) is 0 Å². The third kappa shape index (κ3) is 5.03. The van der Waals surface area contributed by atoms with Crippen LogP contribution in [0.2, 0.25) is 10.0 Å². The molecule has 1 saturated heterocycles. The summed E-state index contributed by atoms with van der Waals surface area (Å²) in [5.74, 6) is -0.900. The Kier molecular flexibility index (Phi) is 6.70. The number of nitrogens with one attached hydrogen (secondary N) is 1. The Balaban J connectivity index is 1.75. The summed E-state index contributed by atoms with van der Waals surface area (Å²) in [5.41, 5.74) is 2.13. The number of fused-ring (bicyclic) bond motifs is 1. The molecule has 1 fully saturated rings. The average molecular weight is 509 g/mol. The van der Waals surface area contributed by atoms with Crippen LogP contribution in [0.1, 0.15) is 39.8 Å². The van der Waals surface area contributed by atoms with Crippen LogP contribution >= 0.6 is 23.2 Å². The van der Waals surface area contributed by atoms with Crippen LogP contribution < -0.4 is 5.32 Å². The fraction of sp³-hybridized carbons (Fsp3) is 0.304. The highest BCUT2D eigenvalue weighted by Gasteiger charge is 2.30. The molecule has 4 rings (SSSR count). The number of aromatic nitrogens is 1. The Bertz CT molecular complexity index is 1350. The number of esters is 1. The fourth-order valence-corrected chi connectivity index (χ4v) is 6.01. The van der Waals surface area contributed by atoms with Gasteiger partial charge in [0.15, 0.2) is 9.84 Å². The van der Waals surface area contributed by atoms with Crippen LogP contribution in [-0.2, 0) is 21.1 Å². The first kappa shape index (κ1) is 23.6. The molecule has 10 heteroatoms. The molecule has 1 amide bonds. The minimum absolute atomic E-state index is 0.0647. The van der Waals surface area contributed by atoms with Crippen molar-refractivity contribution < 1.29 is 22.7 Å². The van der Waals surface area contributed by atoms with Crippen molar-refractivity contribution in [1.82, 2.24) is 9.88 Å². The summed E-state index contributed by atoms with van der Waals surface area (Å²) in [4.78, 5) is 25.7. The maximum Gasteiger partial charge on any atom is 0.354 e. The van der Waals surface area contributed by atoms with Crippen LogP contribution in [-0.4, -0.2) is 49.0 Å². The van der Waals surface area contributed by atoms with Crippen molar-refractivity contribution in [2.75, 3.05) is 18.1 Å². The van der Waals surface area contributed by atoms with Crippen LogP contribution in [0, 0.1) is 0 Å². The van der Waals surface area contributed by atoms with E-state index in [1.54, 1.807) is 41.8 Å². The topological polar surface area (TPSA) is 94.5 Å². The molecule has 0 aliphatic carbocycles. The summed E-state index contributed by atoms with van der Waals surface area (Å²) >= 11 is 12.2. The van der Waals surface area contributed by atoms with Gasteiger partial charge in [-0.3, -0.25) is 4.79 Å². The first-order valence-corrected chi connectivity index (χ1v) is 13.0. The van der Waals surface area contributed by atoms with Crippen molar-refractivity contribution in [2.24, 2.45) is 0 Å². The maximum atomic E-state index is 13.0. The molecule has 33 heavy (non-hydrogen) atoms.